The van der Waals surface area contributed by atoms with Crippen molar-refractivity contribution in [1.29, 1.82) is 0 Å². The van der Waals surface area contributed by atoms with Crippen molar-refractivity contribution < 1.29 is 23.9 Å². The molecule has 9 heteroatoms. The van der Waals surface area contributed by atoms with Gasteiger partial charge in [0.15, 0.2) is 0 Å². The maximum Gasteiger partial charge on any atom is 0.409 e. The molecule has 4 N–H and O–H groups in total. The van der Waals surface area contributed by atoms with Crippen molar-refractivity contribution in [3.05, 3.63) is 130 Å². The molecule has 1 aliphatic rings. The van der Waals surface area contributed by atoms with E-state index in [4.69, 9.17) is 15.2 Å². The number of hydrogen-bond acceptors (Lipinski definition) is 6. The second kappa shape index (κ2) is 13.9. The van der Waals surface area contributed by atoms with E-state index in [0.29, 0.717) is 12.1 Å². The van der Waals surface area contributed by atoms with Gasteiger partial charge >= 0.3 is 12.1 Å². The highest BCUT2D eigenvalue weighted by Gasteiger charge is 2.39. The summed E-state index contributed by atoms with van der Waals surface area (Å²) in [5, 5.41) is 5.04. The number of amides is 2. The monoisotopic (exact) mass is 609 g/mol. The van der Waals surface area contributed by atoms with Gasteiger partial charge < -0.3 is 20.5 Å². The molecule has 4 aromatic rings. The lowest BCUT2D eigenvalue weighted by molar-refractivity contribution is -0.148. The molecule has 5 rings (SSSR count). The fourth-order valence-corrected chi connectivity index (χ4v) is 5.05. The van der Waals surface area contributed by atoms with Crippen LogP contribution in [0.1, 0.15) is 51.0 Å². The first-order valence-electron chi connectivity index (χ1n) is 13.8. The van der Waals surface area contributed by atoms with Crippen molar-refractivity contribution in [2.75, 3.05) is 13.7 Å². The summed E-state index contributed by atoms with van der Waals surface area (Å²) < 4.78 is 10.5. The summed E-state index contributed by atoms with van der Waals surface area (Å²) in [5.41, 5.74) is 10.9. The Morgan fingerprint density at radius 3 is 1.84 bits per heavy atom. The van der Waals surface area contributed by atoms with Gasteiger partial charge in [0.05, 0.1) is 7.11 Å². The van der Waals surface area contributed by atoms with E-state index in [-0.39, 0.29) is 30.5 Å². The van der Waals surface area contributed by atoms with Crippen LogP contribution in [0.4, 0.5) is 4.79 Å². The largest absolute Gasteiger partial charge is 0.466 e. The molecular formula is C35H32ClN3O5. The van der Waals surface area contributed by atoms with Crippen LogP contribution in [-0.4, -0.2) is 37.3 Å². The summed E-state index contributed by atoms with van der Waals surface area (Å²) >= 11 is 0. The average Bonchev–Trinajstić information content (AvgIpc) is 3.36. The summed E-state index contributed by atoms with van der Waals surface area (Å²) in [7, 11) is 1.17. The number of carbonyl (C=O) groups is 3. The van der Waals surface area contributed by atoms with Crippen molar-refractivity contribution >= 4 is 30.4 Å². The molecule has 0 radical (unpaired) electrons. The first-order chi connectivity index (χ1) is 20.8. The number of rotatable bonds is 7. The topological polar surface area (TPSA) is 120 Å². The van der Waals surface area contributed by atoms with Gasteiger partial charge in [-0.3, -0.25) is 10.1 Å². The highest BCUT2D eigenvalue weighted by Crippen LogP contribution is 2.44. The smallest absolute Gasteiger partial charge is 0.409 e. The van der Waals surface area contributed by atoms with Crippen LogP contribution in [0.15, 0.2) is 97.1 Å². The SMILES string of the molecule is COC(=O)[C@](C)(NC(=O)OCC1c2ccccc2-c2ccccc21)NC(=O)c1ccc(C#Cc2ccc(CN)cc2)cc1.Cl. The predicted octanol–water partition coefficient (Wildman–Crippen LogP) is 5.12. The number of ether oxygens (including phenoxy) is 2. The summed E-state index contributed by atoms with van der Waals surface area (Å²) in [6.07, 6.45) is -0.875. The molecule has 2 amide bonds. The lowest BCUT2D eigenvalue weighted by Gasteiger charge is -2.28. The van der Waals surface area contributed by atoms with Crippen LogP contribution in [0.25, 0.3) is 11.1 Å². The Morgan fingerprint density at radius 2 is 1.32 bits per heavy atom. The number of carbonyl (C=O) groups excluding carboxylic acids is 3. The fourth-order valence-electron chi connectivity index (χ4n) is 5.05. The van der Waals surface area contributed by atoms with Gasteiger partial charge in [-0.05, 0) is 71.1 Å². The molecule has 0 aliphatic heterocycles. The molecule has 44 heavy (non-hydrogen) atoms. The van der Waals surface area contributed by atoms with Crippen LogP contribution in [0, 0.1) is 11.8 Å². The van der Waals surface area contributed by atoms with E-state index in [0.717, 1.165) is 33.4 Å². The summed E-state index contributed by atoms with van der Waals surface area (Å²) in [4.78, 5) is 38.7. The molecule has 0 fully saturated rings. The van der Waals surface area contributed by atoms with E-state index in [1.165, 1.54) is 14.0 Å². The number of fused-ring (bicyclic) bond motifs is 3. The van der Waals surface area contributed by atoms with Gasteiger partial charge in [-0.25, -0.2) is 9.59 Å². The zero-order valence-electron chi connectivity index (χ0n) is 24.3. The first kappa shape index (κ1) is 31.8. The van der Waals surface area contributed by atoms with E-state index < -0.39 is 23.6 Å². The van der Waals surface area contributed by atoms with Crippen LogP contribution >= 0.6 is 12.4 Å². The van der Waals surface area contributed by atoms with Gasteiger partial charge in [0.2, 0.25) is 5.66 Å². The van der Waals surface area contributed by atoms with Crippen LogP contribution < -0.4 is 16.4 Å². The van der Waals surface area contributed by atoms with Crippen molar-refractivity contribution in [3.63, 3.8) is 0 Å². The molecule has 0 bridgehead atoms. The fraction of sp³-hybridized carbons (Fsp3) is 0.171. The number of hydrogen-bond donors (Lipinski definition) is 3. The number of methoxy groups -OCH3 is 1. The number of nitrogens with one attached hydrogen (secondary N) is 2. The molecule has 1 atom stereocenters. The standard InChI is InChI=1S/C35H31N3O5.ClH/c1-35(33(40)42-2,37-32(39)26-19-17-24(18-20-26)12-11-23-13-15-25(21-36)16-14-23)38-34(41)43-22-31-29-9-5-3-7-27(29)28-8-4-6-10-30(28)31;/h3-10,13-20,31H,21-22,36H2,1-2H3,(H,37,39)(H,38,41);1H/t35-;/m0./s1. The van der Waals surface area contributed by atoms with Crippen molar-refractivity contribution in [3.8, 4) is 23.0 Å². The van der Waals surface area contributed by atoms with Crippen LogP contribution in [-0.2, 0) is 20.8 Å². The van der Waals surface area contributed by atoms with Gasteiger partial charge in [0.25, 0.3) is 5.91 Å². The number of alkyl carbamates (subject to hydrolysis) is 1. The molecule has 0 saturated heterocycles. The van der Waals surface area contributed by atoms with E-state index in [1.54, 1.807) is 24.3 Å². The highest BCUT2D eigenvalue weighted by molar-refractivity contribution is 5.99. The molecular weight excluding hydrogens is 578 g/mol. The Hall–Kier alpha value is -5.10. The lowest BCUT2D eigenvalue weighted by Crippen LogP contribution is -2.64. The molecule has 1 aliphatic carbocycles. The molecule has 8 nitrogen and oxygen atoms in total. The number of halogens is 1. The van der Waals surface area contributed by atoms with Gasteiger partial charge in [-0.15, -0.1) is 12.4 Å². The second-order valence-electron chi connectivity index (χ2n) is 10.2. The average molecular weight is 610 g/mol. The zero-order valence-corrected chi connectivity index (χ0v) is 25.1. The van der Waals surface area contributed by atoms with Gasteiger partial charge in [-0.1, -0.05) is 72.5 Å². The Balaban J connectivity index is 0.00000442. The Morgan fingerprint density at radius 1 is 0.795 bits per heavy atom. The zero-order chi connectivity index (χ0) is 30.4. The van der Waals surface area contributed by atoms with Gasteiger partial charge in [-0.2, -0.15) is 0 Å². The third kappa shape index (κ3) is 6.92. The Labute approximate surface area is 262 Å². The molecule has 0 saturated carbocycles. The Bertz CT molecular complexity index is 1680. The van der Waals surface area contributed by atoms with Crippen molar-refractivity contribution in [2.24, 2.45) is 5.73 Å². The molecule has 224 valence electrons. The summed E-state index contributed by atoms with van der Waals surface area (Å²) in [5.74, 6) is 4.51. The molecule has 4 aromatic carbocycles. The quantitative estimate of drug-likeness (QED) is 0.152. The van der Waals surface area contributed by atoms with Crippen molar-refractivity contribution in [1.82, 2.24) is 10.6 Å². The molecule has 0 aromatic heterocycles. The number of nitrogens with two attached hydrogens (primary N) is 1. The van der Waals surface area contributed by atoms with Crippen LogP contribution in [0.3, 0.4) is 0 Å². The minimum Gasteiger partial charge on any atom is -0.466 e. The van der Waals surface area contributed by atoms with E-state index in [9.17, 15) is 14.4 Å². The molecule has 0 heterocycles. The highest BCUT2D eigenvalue weighted by atomic mass is 35.5. The second-order valence-corrected chi connectivity index (χ2v) is 10.2. The normalized spacial score (nSPS) is 12.6. The predicted molar refractivity (Wildman–Crippen MR) is 170 cm³/mol. The third-order valence-corrected chi connectivity index (χ3v) is 7.34. The Kier molecular flexibility index (Phi) is 10.1. The maximum absolute atomic E-state index is 13.1. The van der Waals surface area contributed by atoms with Crippen molar-refractivity contribution in [2.45, 2.75) is 25.0 Å². The molecule has 0 unspecified atom stereocenters. The molecule has 0 spiro atoms. The van der Waals surface area contributed by atoms with Crippen LogP contribution in [0.2, 0.25) is 0 Å². The van der Waals surface area contributed by atoms with Gasteiger partial charge in [0.1, 0.15) is 6.61 Å². The number of esters is 1. The summed E-state index contributed by atoms with van der Waals surface area (Å²) in [6, 6.07) is 30.1. The van der Waals surface area contributed by atoms with Gasteiger partial charge in [0, 0.05) is 29.2 Å². The summed E-state index contributed by atoms with van der Waals surface area (Å²) in [6.45, 7) is 1.85. The maximum atomic E-state index is 13.1. The minimum absolute atomic E-state index is 0. The van der Waals surface area contributed by atoms with E-state index >= 15 is 0 Å². The third-order valence-electron chi connectivity index (χ3n) is 7.34. The van der Waals surface area contributed by atoms with E-state index in [2.05, 4.69) is 22.5 Å². The van der Waals surface area contributed by atoms with E-state index in [1.807, 2.05) is 72.8 Å². The minimum atomic E-state index is -1.89. The first-order valence-corrected chi connectivity index (χ1v) is 13.8. The van der Waals surface area contributed by atoms with Crippen LogP contribution in [0.5, 0.6) is 0 Å². The number of benzene rings is 4. The lowest BCUT2D eigenvalue weighted by atomic mass is 9.98.